The van der Waals surface area contributed by atoms with E-state index in [9.17, 15) is 9.59 Å². The summed E-state index contributed by atoms with van der Waals surface area (Å²) in [7, 11) is 3.04. The van der Waals surface area contributed by atoms with Gasteiger partial charge in [0.25, 0.3) is 5.91 Å². The molecule has 1 saturated heterocycles. The van der Waals surface area contributed by atoms with Crippen molar-refractivity contribution in [3.05, 3.63) is 23.8 Å². The largest absolute Gasteiger partial charge is 0.493 e. The molecule has 7 heteroatoms. The molecule has 0 spiro atoms. The number of benzene rings is 1. The van der Waals surface area contributed by atoms with Gasteiger partial charge in [-0.2, -0.15) is 0 Å². The highest BCUT2D eigenvalue weighted by Gasteiger charge is 2.30. The van der Waals surface area contributed by atoms with Crippen LogP contribution in [0.1, 0.15) is 23.2 Å². The number of carbonyl (C=O) groups excluding carboxylic acids is 2. The second-order valence-electron chi connectivity index (χ2n) is 5.71. The van der Waals surface area contributed by atoms with Gasteiger partial charge in [0, 0.05) is 26.2 Å². The average molecular weight is 335 g/mol. The van der Waals surface area contributed by atoms with Gasteiger partial charge in [-0.25, -0.2) is 0 Å². The third-order valence-electron chi connectivity index (χ3n) is 4.16. The minimum absolute atomic E-state index is 0.0458. The lowest BCUT2D eigenvalue weighted by atomic mass is 9.96. The molecule has 0 saturated carbocycles. The van der Waals surface area contributed by atoms with Crippen LogP contribution in [0.5, 0.6) is 11.5 Å². The molecule has 1 aromatic rings. The van der Waals surface area contributed by atoms with Gasteiger partial charge in [0.2, 0.25) is 5.91 Å². The molecule has 1 heterocycles. The number of ether oxygens (including phenoxy) is 2. The summed E-state index contributed by atoms with van der Waals surface area (Å²) in [6.45, 7) is 1.88. The SMILES string of the molecule is COc1cccc(C(=O)N2CCCC(C(=O)NCCN)C2)c1OC. The van der Waals surface area contributed by atoms with Crippen LogP contribution in [0.2, 0.25) is 0 Å². The van der Waals surface area contributed by atoms with Crippen LogP contribution in [0, 0.1) is 5.92 Å². The van der Waals surface area contributed by atoms with Gasteiger partial charge in [-0.05, 0) is 25.0 Å². The normalized spacial score (nSPS) is 17.3. The Morgan fingerprint density at radius 1 is 1.33 bits per heavy atom. The number of nitrogens with zero attached hydrogens (tertiary/aromatic N) is 1. The number of hydrogen-bond acceptors (Lipinski definition) is 5. The Kier molecular flexibility index (Phi) is 6.43. The van der Waals surface area contributed by atoms with Crippen LogP contribution in [-0.4, -0.2) is 57.1 Å². The van der Waals surface area contributed by atoms with Crippen molar-refractivity contribution in [3.63, 3.8) is 0 Å². The molecule has 0 aliphatic carbocycles. The molecule has 132 valence electrons. The molecule has 1 unspecified atom stereocenters. The van der Waals surface area contributed by atoms with Crippen molar-refractivity contribution in [2.45, 2.75) is 12.8 Å². The molecule has 1 aliphatic heterocycles. The maximum absolute atomic E-state index is 12.9. The Morgan fingerprint density at radius 2 is 2.12 bits per heavy atom. The van der Waals surface area contributed by atoms with Crippen molar-refractivity contribution < 1.29 is 19.1 Å². The van der Waals surface area contributed by atoms with Crippen molar-refractivity contribution in [3.8, 4) is 11.5 Å². The zero-order chi connectivity index (χ0) is 17.5. The number of para-hydroxylation sites is 1. The molecule has 1 aromatic carbocycles. The number of hydrogen-bond donors (Lipinski definition) is 2. The van der Waals surface area contributed by atoms with Crippen molar-refractivity contribution in [2.75, 3.05) is 40.4 Å². The number of nitrogens with two attached hydrogens (primary N) is 1. The minimum Gasteiger partial charge on any atom is -0.493 e. The van der Waals surface area contributed by atoms with Crippen LogP contribution in [0.25, 0.3) is 0 Å². The van der Waals surface area contributed by atoms with E-state index < -0.39 is 0 Å². The van der Waals surface area contributed by atoms with Crippen LogP contribution in [-0.2, 0) is 4.79 Å². The zero-order valence-electron chi connectivity index (χ0n) is 14.2. The average Bonchev–Trinajstić information content (AvgIpc) is 2.64. The predicted molar refractivity (Wildman–Crippen MR) is 90.2 cm³/mol. The van der Waals surface area contributed by atoms with Gasteiger partial charge in [-0.15, -0.1) is 0 Å². The summed E-state index contributed by atoms with van der Waals surface area (Å²) in [6.07, 6.45) is 1.56. The number of amides is 2. The second-order valence-corrected chi connectivity index (χ2v) is 5.71. The lowest BCUT2D eigenvalue weighted by Crippen LogP contribution is -2.46. The highest BCUT2D eigenvalue weighted by molar-refractivity contribution is 5.98. The molecule has 7 nitrogen and oxygen atoms in total. The van der Waals surface area contributed by atoms with Crippen LogP contribution in [0.4, 0.5) is 0 Å². The van der Waals surface area contributed by atoms with E-state index in [4.69, 9.17) is 15.2 Å². The van der Waals surface area contributed by atoms with Gasteiger partial charge < -0.3 is 25.4 Å². The molecule has 2 amide bonds. The number of methoxy groups -OCH3 is 2. The van der Waals surface area contributed by atoms with Crippen molar-refractivity contribution in [1.29, 1.82) is 0 Å². The van der Waals surface area contributed by atoms with Crippen molar-refractivity contribution in [1.82, 2.24) is 10.2 Å². The van der Waals surface area contributed by atoms with Gasteiger partial charge in [-0.1, -0.05) is 6.07 Å². The number of rotatable bonds is 6. The van der Waals surface area contributed by atoms with Crippen LogP contribution in [0.3, 0.4) is 0 Å². The highest BCUT2D eigenvalue weighted by Crippen LogP contribution is 2.32. The van der Waals surface area contributed by atoms with Crippen LogP contribution >= 0.6 is 0 Å². The zero-order valence-corrected chi connectivity index (χ0v) is 14.2. The second kappa shape index (κ2) is 8.54. The van der Waals surface area contributed by atoms with E-state index in [0.29, 0.717) is 43.2 Å². The predicted octanol–water partition coefficient (Wildman–Crippen LogP) is 0.631. The van der Waals surface area contributed by atoms with Gasteiger partial charge in [0.1, 0.15) is 0 Å². The third-order valence-corrected chi connectivity index (χ3v) is 4.16. The fourth-order valence-electron chi connectivity index (χ4n) is 2.94. The Balaban J connectivity index is 2.13. The van der Waals surface area contributed by atoms with Crippen LogP contribution < -0.4 is 20.5 Å². The number of likely N-dealkylation sites (tertiary alicyclic amines) is 1. The summed E-state index contributed by atoms with van der Waals surface area (Å²) >= 11 is 0. The fourth-order valence-corrected chi connectivity index (χ4v) is 2.94. The first-order chi connectivity index (χ1) is 11.6. The molecule has 0 aromatic heterocycles. The molecule has 1 aliphatic rings. The van der Waals surface area contributed by atoms with E-state index in [0.717, 1.165) is 12.8 Å². The quantitative estimate of drug-likeness (QED) is 0.795. The molecule has 2 rings (SSSR count). The topological polar surface area (TPSA) is 93.9 Å². The van der Waals surface area contributed by atoms with E-state index >= 15 is 0 Å². The van der Waals surface area contributed by atoms with Crippen LogP contribution in [0.15, 0.2) is 18.2 Å². The minimum atomic E-state index is -0.203. The number of carbonyl (C=O) groups is 2. The molecule has 3 N–H and O–H groups in total. The first-order valence-corrected chi connectivity index (χ1v) is 8.10. The molecule has 0 radical (unpaired) electrons. The lowest BCUT2D eigenvalue weighted by molar-refractivity contribution is -0.126. The summed E-state index contributed by atoms with van der Waals surface area (Å²) in [5.41, 5.74) is 5.86. The van der Waals surface area contributed by atoms with Crippen molar-refractivity contribution >= 4 is 11.8 Å². The number of nitrogens with one attached hydrogen (secondary N) is 1. The fraction of sp³-hybridized carbons (Fsp3) is 0.529. The van der Waals surface area contributed by atoms with Crippen molar-refractivity contribution in [2.24, 2.45) is 11.7 Å². The summed E-state index contributed by atoms with van der Waals surface area (Å²) in [5.74, 6) is 0.529. The standard InChI is InChI=1S/C17H25N3O4/c1-23-14-7-3-6-13(15(14)24-2)17(22)20-10-4-5-12(11-20)16(21)19-9-8-18/h3,6-7,12H,4-5,8-11,18H2,1-2H3,(H,19,21). The Labute approximate surface area is 142 Å². The summed E-state index contributed by atoms with van der Waals surface area (Å²) < 4.78 is 10.6. The smallest absolute Gasteiger partial charge is 0.257 e. The maximum Gasteiger partial charge on any atom is 0.257 e. The van der Waals surface area contributed by atoms with E-state index in [1.807, 2.05) is 0 Å². The van der Waals surface area contributed by atoms with E-state index in [-0.39, 0.29) is 17.7 Å². The molecule has 1 fully saturated rings. The Hall–Kier alpha value is -2.28. The highest BCUT2D eigenvalue weighted by atomic mass is 16.5. The Morgan fingerprint density at radius 3 is 2.79 bits per heavy atom. The first-order valence-electron chi connectivity index (χ1n) is 8.10. The summed E-state index contributed by atoms with van der Waals surface area (Å²) in [4.78, 5) is 26.7. The van der Waals surface area contributed by atoms with Gasteiger partial charge >= 0.3 is 0 Å². The maximum atomic E-state index is 12.9. The van der Waals surface area contributed by atoms with E-state index in [1.165, 1.54) is 14.2 Å². The van der Waals surface area contributed by atoms with Gasteiger partial charge in [-0.3, -0.25) is 9.59 Å². The third kappa shape index (κ3) is 3.97. The van der Waals surface area contributed by atoms with Gasteiger partial charge in [0.05, 0.1) is 25.7 Å². The van der Waals surface area contributed by atoms with Gasteiger partial charge in [0.15, 0.2) is 11.5 Å². The number of piperidine rings is 1. The van der Waals surface area contributed by atoms with E-state index in [1.54, 1.807) is 23.1 Å². The lowest BCUT2D eigenvalue weighted by Gasteiger charge is -2.32. The summed E-state index contributed by atoms with van der Waals surface area (Å²) in [6, 6.07) is 5.21. The molecule has 24 heavy (non-hydrogen) atoms. The molecule has 1 atom stereocenters. The molecule has 0 bridgehead atoms. The molecular weight excluding hydrogens is 310 g/mol. The monoisotopic (exact) mass is 335 g/mol. The summed E-state index contributed by atoms with van der Waals surface area (Å²) in [5, 5.41) is 2.80. The first kappa shape index (κ1) is 18.1. The van der Waals surface area contributed by atoms with E-state index in [2.05, 4.69) is 5.32 Å². The Bertz CT molecular complexity index is 591. The molecular formula is C17H25N3O4.